The van der Waals surface area contributed by atoms with E-state index in [1.54, 1.807) is 6.20 Å². The SMILES string of the molecule is CN1CCN(c2ccc(CNC(=O)c3nn(OC(=O)c4[nH]ncc4-c4ccccc4)cc3-c3ccccc3)cc2)CC1. The Morgan fingerprint density at radius 3 is 2.17 bits per heavy atom. The van der Waals surface area contributed by atoms with Crippen LogP contribution in [0.3, 0.4) is 0 Å². The first-order valence-corrected chi connectivity index (χ1v) is 13.8. The smallest absolute Gasteiger partial charge is 0.369 e. The molecule has 3 aromatic carbocycles. The Kier molecular flexibility index (Phi) is 7.78. The average molecular weight is 562 g/mol. The second-order valence-electron chi connectivity index (χ2n) is 10.2. The summed E-state index contributed by atoms with van der Waals surface area (Å²) in [6, 6.07) is 27.0. The van der Waals surface area contributed by atoms with E-state index >= 15 is 0 Å². The van der Waals surface area contributed by atoms with E-state index in [0.29, 0.717) is 17.7 Å². The number of amides is 1. The highest BCUT2D eigenvalue weighted by Crippen LogP contribution is 2.25. The molecule has 0 spiro atoms. The minimum absolute atomic E-state index is 0.149. The van der Waals surface area contributed by atoms with Crippen molar-refractivity contribution in [3.8, 4) is 22.3 Å². The number of carbonyl (C=O) groups is 2. The minimum atomic E-state index is -0.680. The first kappa shape index (κ1) is 27.0. The van der Waals surface area contributed by atoms with E-state index < -0.39 is 5.97 Å². The van der Waals surface area contributed by atoms with Crippen molar-refractivity contribution in [1.82, 2.24) is 30.4 Å². The molecule has 1 aliphatic heterocycles. The lowest BCUT2D eigenvalue weighted by atomic mass is 10.1. The van der Waals surface area contributed by atoms with Crippen molar-refractivity contribution >= 4 is 17.6 Å². The van der Waals surface area contributed by atoms with Gasteiger partial charge in [0.25, 0.3) is 5.91 Å². The Balaban J connectivity index is 1.18. The van der Waals surface area contributed by atoms with Gasteiger partial charge in [0.1, 0.15) is 0 Å². The third-order valence-electron chi connectivity index (χ3n) is 7.36. The van der Waals surface area contributed by atoms with Gasteiger partial charge < -0.3 is 20.0 Å². The van der Waals surface area contributed by atoms with Crippen LogP contribution in [-0.4, -0.2) is 70.1 Å². The molecule has 2 N–H and O–H groups in total. The van der Waals surface area contributed by atoms with Crippen LogP contribution >= 0.6 is 0 Å². The lowest BCUT2D eigenvalue weighted by Crippen LogP contribution is -2.44. The maximum Gasteiger partial charge on any atom is 0.383 e. The van der Waals surface area contributed by atoms with Crippen molar-refractivity contribution in [2.75, 3.05) is 38.1 Å². The molecule has 1 fully saturated rings. The van der Waals surface area contributed by atoms with Gasteiger partial charge in [-0.2, -0.15) is 5.10 Å². The molecule has 2 aromatic heterocycles. The first-order valence-electron chi connectivity index (χ1n) is 13.8. The van der Waals surface area contributed by atoms with Crippen LogP contribution in [0.25, 0.3) is 22.3 Å². The van der Waals surface area contributed by atoms with Crippen LogP contribution in [0.15, 0.2) is 97.3 Å². The number of hydrogen-bond donors (Lipinski definition) is 2. The highest BCUT2D eigenvalue weighted by atomic mass is 16.7. The molecule has 1 saturated heterocycles. The van der Waals surface area contributed by atoms with E-state index in [-0.39, 0.29) is 17.3 Å². The fourth-order valence-electron chi connectivity index (χ4n) is 4.96. The molecule has 6 rings (SSSR count). The molecule has 0 saturated carbocycles. The molecule has 5 aromatic rings. The molecule has 3 heterocycles. The van der Waals surface area contributed by atoms with Gasteiger partial charge >= 0.3 is 5.97 Å². The molecule has 10 nitrogen and oxygen atoms in total. The number of nitrogens with zero attached hydrogens (tertiary/aromatic N) is 5. The summed E-state index contributed by atoms with van der Waals surface area (Å²) in [4.78, 5) is 37.8. The molecule has 0 aliphatic carbocycles. The summed E-state index contributed by atoms with van der Waals surface area (Å²) in [5.74, 6) is -1.06. The number of H-pyrrole nitrogens is 1. The second-order valence-corrected chi connectivity index (χ2v) is 10.2. The number of nitrogens with one attached hydrogen (secondary N) is 2. The molecule has 0 atom stereocenters. The minimum Gasteiger partial charge on any atom is -0.369 e. The van der Waals surface area contributed by atoms with Crippen LogP contribution in [0.1, 0.15) is 26.5 Å². The van der Waals surface area contributed by atoms with Gasteiger partial charge in [-0.1, -0.05) is 77.6 Å². The second kappa shape index (κ2) is 12.1. The van der Waals surface area contributed by atoms with Gasteiger partial charge in [0, 0.05) is 49.5 Å². The van der Waals surface area contributed by atoms with Crippen molar-refractivity contribution in [2.24, 2.45) is 0 Å². The largest absolute Gasteiger partial charge is 0.383 e. The van der Waals surface area contributed by atoms with E-state index in [4.69, 9.17) is 4.84 Å². The molecule has 0 radical (unpaired) electrons. The highest BCUT2D eigenvalue weighted by molar-refractivity contribution is 5.99. The predicted octanol–water partition coefficient (Wildman–Crippen LogP) is 3.89. The van der Waals surface area contributed by atoms with Crippen molar-refractivity contribution in [3.05, 3.63) is 114 Å². The van der Waals surface area contributed by atoms with E-state index in [0.717, 1.165) is 47.7 Å². The maximum absolute atomic E-state index is 13.4. The van der Waals surface area contributed by atoms with Crippen molar-refractivity contribution in [2.45, 2.75) is 6.54 Å². The monoisotopic (exact) mass is 561 g/mol. The van der Waals surface area contributed by atoms with Crippen molar-refractivity contribution in [1.29, 1.82) is 0 Å². The normalized spacial score (nSPS) is 13.6. The van der Waals surface area contributed by atoms with Gasteiger partial charge in [-0.25, -0.2) is 4.79 Å². The number of hydrogen-bond acceptors (Lipinski definition) is 7. The quantitative estimate of drug-likeness (QED) is 0.296. The number of carbonyl (C=O) groups excluding carboxylic acids is 2. The number of rotatable bonds is 8. The van der Waals surface area contributed by atoms with Gasteiger partial charge in [0.05, 0.1) is 12.4 Å². The standard InChI is InChI=1S/C32H31N7O3/c1-37-16-18-38(19-17-37)26-14-12-23(13-15-26)20-33-31(40)29-28(25-10-6-3-7-11-25)22-39(36-29)42-32(41)30-27(21-34-35-30)24-8-4-2-5-9-24/h2-15,21-22H,16-20H2,1H3,(H,33,40)(H,34,35). The molecule has 10 heteroatoms. The summed E-state index contributed by atoms with van der Waals surface area (Å²) in [5, 5.41) is 14.1. The highest BCUT2D eigenvalue weighted by Gasteiger charge is 2.23. The van der Waals surface area contributed by atoms with Crippen molar-refractivity contribution < 1.29 is 14.4 Å². The van der Waals surface area contributed by atoms with Gasteiger partial charge in [-0.15, -0.1) is 5.10 Å². The lowest BCUT2D eigenvalue weighted by molar-refractivity contribution is 0.0385. The van der Waals surface area contributed by atoms with E-state index in [1.165, 1.54) is 11.9 Å². The fraction of sp³-hybridized carbons (Fsp3) is 0.188. The topological polar surface area (TPSA) is 108 Å². The Hall–Kier alpha value is -5.22. The number of anilines is 1. The maximum atomic E-state index is 13.4. The number of aromatic amines is 1. The summed E-state index contributed by atoms with van der Waals surface area (Å²) < 4.78 is 0. The Morgan fingerprint density at radius 2 is 1.50 bits per heavy atom. The number of piperazine rings is 1. The molecule has 0 bridgehead atoms. The summed E-state index contributed by atoms with van der Waals surface area (Å²) in [6.45, 7) is 4.41. The predicted molar refractivity (Wildman–Crippen MR) is 160 cm³/mol. The van der Waals surface area contributed by atoms with Crippen LogP contribution in [0.2, 0.25) is 0 Å². The van der Waals surface area contributed by atoms with E-state index in [1.807, 2.05) is 72.8 Å². The molecule has 1 amide bonds. The molecule has 42 heavy (non-hydrogen) atoms. The van der Waals surface area contributed by atoms with Crippen molar-refractivity contribution in [3.63, 3.8) is 0 Å². The first-order chi connectivity index (χ1) is 20.5. The number of likely N-dealkylation sites (N-methyl/N-ethyl adjacent to an activating group) is 1. The summed E-state index contributed by atoms with van der Waals surface area (Å²) in [7, 11) is 2.14. The molecular formula is C32H31N7O3. The van der Waals surface area contributed by atoms with Crippen LogP contribution in [0.5, 0.6) is 0 Å². The zero-order chi connectivity index (χ0) is 28.9. The third kappa shape index (κ3) is 5.93. The Morgan fingerprint density at radius 1 is 0.857 bits per heavy atom. The van der Waals surface area contributed by atoms with E-state index in [2.05, 4.69) is 49.6 Å². The van der Waals surface area contributed by atoms with Gasteiger partial charge in [-0.3, -0.25) is 9.89 Å². The zero-order valence-corrected chi connectivity index (χ0v) is 23.2. The fourth-order valence-corrected chi connectivity index (χ4v) is 4.96. The van der Waals surface area contributed by atoms with Crippen LogP contribution in [0.4, 0.5) is 5.69 Å². The molecule has 1 aliphatic rings. The average Bonchev–Trinajstić information content (AvgIpc) is 3.70. The summed E-state index contributed by atoms with van der Waals surface area (Å²) >= 11 is 0. The number of aromatic nitrogens is 4. The molecule has 212 valence electrons. The van der Waals surface area contributed by atoms with Crippen LogP contribution < -0.4 is 15.1 Å². The Labute approximate surface area is 243 Å². The van der Waals surface area contributed by atoms with Gasteiger partial charge in [-0.05, 0) is 35.9 Å². The Bertz CT molecular complexity index is 1660. The van der Waals surface area contributed by atoms with Crippen LogP contribution in [-0.2, 0) is 6.54 Å². The summed E-state index contributed by atoms with van der Waals surface area (Å²) in [6.07, 6.45) is 3.10. The van der Waals surface area contributed by atoms with Gasteiger partial charge in [0.15, 0.2) is 11.4 Å². The summed E-state index contributed by atoms with van der Waals surface area (Å²) in [5.41, 5.74) is 5.22. The zero-order valence-electron chi connectivity index (χ0n) is 23.2. The third-order valence-corrected chi connectivity index (χ3v) is 7.36. The van der Waals surface area contributed by atoms with E-state index in [9.17, 15) is 9.59 Å². The molecule has 0 unspecified atom stereocenters. The molecular weight excluding hydrogens is 530 g/mol. The van der Waals surface area contributed by atoms with Gasteiger partial charge in [0.2, 0.25) is 0 Å². The number of benzene rings is 3. The van der Waals surface area contributed by atoms with Crippen LogP contribution in [0, 0.1) is 0 Å². The lowest BCUT2D eigenvalue weighted by Gasteiger charge is -2.34.